The van der Waals surface area contributed by atoms with E-state index >= 15 is 0 Å². The van der Waals surface area contributed by atoms with Crippen LogP contribution in [0.4, 0.5) is 0 Å². The Kier molecular flexibility index (Phi) is 5.67. The third-order valence-corrected chi connectivity index (χ3v) is 7.48. The monoisotopic (exact) mass is 390 g/mol. The molecule has 6 heteroatoms. The minimum atomic E-state index is -0.401. The number of benzene rings is 1. The van der Waals surface area contributed by atoms with Crippen LogP contribution in [0.25, 0.3) is 0 Å². The standard InChI is InChI=1S/C21H30N2O3S/c1-25-18-5-3-2-4-17(18)21(6-7-21)19(24)22-16-20(8-14-27-15-9-20)23-10-12-26-13-11-23/h2-5H,6-16H2,1H3,(H,22,24). The Labute approximate surface area is 166 Å². The molecule has 0 unspecified atom stereocenters. The van der Waals surface area contributed by atoms with E-state index in [1.165, 1.54) is 11.5 Å². The third kappa shape index (κ3) is 3.71. The molecule has 1 aliphatic carbocycles. The maximum atomic E-state index is 13.2. The minimum Gasteiger partial charge on any atom is -0.496 e. The fourth-order valence-electron chi connectivity index (χ4n) is 4.59. The topological polar surface area (TPSA) is 50.8 Å². The Balaban J connectivity index is 1.48. The van der Waals surface area contributed by atoms with Crippen molar-refractivity contribution in [2.45, 2.75) is 36.6 Å². The highest BCUT2D eigenvalue weighted by atomic mass is 32.2. The number of thioether (sulfide) groups is 1. The number of amides is 1. The molecular formula is C21H30N2O3S. The normalized spacial score (nSPS) is 24.2. The summed E-state index contributed by atoms with van der Waals surface area (Å²) in [6.07, 6.45) is 4.08. The van der Waals surface area contributed by atoms with Crippen LogP contribution in [0.15, 0.2) is 24.3 Å². The van der Waals surface area contributed by atoms with Crippen molar-refractivity contribution in [3.63, 3.8) is 0 Å². The van der Waals surface area contributed by atoms with Gasteiger partial charge in [-0.05, 0) is 43.3 Å². The molecule has 27 heavy (non-hydrogen) atoms. The minimum absolute atomic E-state index is 0.0849. The highest BCUT2D eigenvalue weighted by molar-refractivity contribution is 7.99. The second-order valence-corrected chi connectivity index (χ2v) is 9.13. The summed E-state index contributed by atoms with van der Waals surface area (Å²) in [4.78, 5) is 15.8. The number of ether oxygens (including phenoxy) is 2. The number of rotatable bonds is 6. The maximum Gasteiger partial charge on any atom is 0.230 e. The SMILES string of the molecule is COc1ccccc1C1(C(=O)NCC2(N3CCOCC3)CCSCC2)CC1. The molecule has 1 aromatic carbocycles. The van der Waals surface area contributed by atoms with E-state index < -0.39 is 5.41 Å². The molecule has 5 nitrogen and oxygen atoms in total. The molecule has 3 fully saturated rings. The molecule has 1 aromatic rings. The molecule has 0 atom stereocenters. The van der Waals surface area contributed by atoms with Crippen molar-refractivity contribution in [1.82, 2.24) is 10.2 Å². The van der Waals surface area contributed by atoms with Crippen molar-refractivity contribution in [3.8, 4) is 5.75 Å². The van der Waals surface area contributed by atoms with Crippen LogP contribution >= 0.6 is 11.8 Å². The Morgan fingerprint density at radius 3 is 2.56 bits per heavy atom. The number of morpholine rings is 1. The van der Waals surface area contributed by atoms with Gasteiger partial charge in [0.05, 0.1) is 25.7 Å². The molecule has 1 saturated carbocycles. The number of methoxy groups -OCH3 is 1. The number of carbonyl (C=O) groups excluding carboxylic acids is 1. The number of carbonyl (C=O) groups is 1. The molecule has 3 aliphatic rings. The van der Waals surface area contributed by atoms with Crippen LogP contribution in [0.2, 0.25) is 0 Å². The smallest absolute Gasteiger partial charge is 0.230 e. The Bertz CT molecular complexity index is 665. The molecule has 1 N–H and O–H groups in total. The van der Waals surface area contributed by atoms with Gasteiger partial charge in [0.15, 0.2) is 0 Å². The quantitative estimate of drug-likeness (QED) is 0.809. The van der Waals surface area contributed by atoms with Gasteiger partial charge >= 0.3 is 0 Å². The molecule has 2 heterocycles. The Morgan fingerprint density at radius 1 is 1.19 bits per heavy atom. The molecule has 1 amide bonds. The van der Waals surface area contributed by atoms with E-state index in [1.54, 1.807) is 7.11 Å². The highest BCUT2D eigenvalue weighted by Crippen LogP contribution is 2.51. The molecule has 148 valence electrons. The van der Waals surface area contributed by atoms with E-state index in [9.17, 15) is 4.79 Å². The fourth-order valence-corrected chi connectivity index (χ4v) is 5.84. The van der Waals surface area contributed by atoms with Gasteiger partial charge in [-0.2, -0.15) is 11.8 Å². The van der Waals surface area contributed by atoms with E-state index in [2.05, 4.69) is 10.2 Å². The van der Waals surface area contributed by atoms with Crippen LogP contribution in [0.5, 0.6) is 5.75 Å². The van der Waals surface area contributed by atoms with Crippen molar-refractivity contribution >= 4 is 17.7 Å². The van der Waals surface area contributed by atoms with Crippen molar-refractivity contribution in [2.24, 2.45) is 0 Å². The lowest BCUT2D eigenvalue weighted by molar-refractivity contribution is -0.124. The average molecular weight is 391 g/mol. The summed E-state index contributed by atoms with van der Waals surface area (Å²) in [5.74, 6) is 3.33. The highest BCUT2D eigenvalue weighted by Gasteiger charge is 2.53. The molecule has 0 aromatic heterocycles. The summed E-state index contributed by atoms with van der Waals surface area (Å²) >= 11 is 2.03. The zero-order valence-corrected chi connectivity index (χ0v) is 17.0. The van der Waals surface area contributed by atoms with Gasteiger partial charge in [-0.25, -0.2) is 0 Å². The van der Waals surface area contributed by atoms with Crippen LogP contribution in [0, 0.1) is 0 Å². The zero-order valence-electron chi connectivity index (χ0n) is 16.2. The largest absolute Gasteiger partial charge is 0.496 e. The molecular weight excluding hydrogens is 360 g/mol. The lowest BCUT2D eigenvalue weighted by atomic mass is 9.88. The molecule has 4 rings (SSSR count). The molecule has 2 saturated heterocycles. The Morgan fingerprint density at radius 2 is 1.89 bits per heavy atom. The average Bonchev–Trinajstić information content (AvgIpc) is 3.55. The first kappa shape index (κ1) is 19.1. The van der Waals surface area contributed by atoms with Crippen molar-refractivity contribution < 1.29 is 14.3 Å². The maximum absolute atomic E-state index is 13.2. The van der Waals surface area contributed by atoms with E-state index in [4.69, 9.17) is 9.47 Å². The number of nitrogens with zero attached hydrogens (tertiary/aromatic N) is 1. The Hall–Kier alpha value is -1.24. The summed E-state index contributed by atoms with van der Waals surface area (Å²) < 4.78 is 11.1. The van der Waals surface area contributed by atoms with Gasteiger partial charge in [-0.1, -0.05) is 18.2 Å². The van der Waals surface area contributed by atoms with Gasteiger partial charge < -0.3 is 14.8 Å². The molecule has 0 bridgehead atoms. The number of hydrogen-bond acceptors (Lipinski definition) is 5. The van der Waals surface area contributed by atoms with Crippen LogP contribution in [-0.2, 0) is 14.9 Å². The van der Waals surface area contributed by atoms with Gasteiger partial charge in [0.1, 0.15) is 5.75 Å². The molecule has 0 radical (unpaired) electrons. The summed E-state index contributed by atoms with van der Waals surface area (Å²) in [6, 6.07) is 7.96. The summed E-state index contributed by atoms with van der Waals surface area (Å²) in [7, 11) is 1.68. The second-order valence-electron chi connectivity index (χ2n) is 7.90. The van der Waals surface area contributed by atoms with Crippen LogP contribution in [0.1, 0.15) is 31.2 Å². The number of nitrogens with one attached hydrogen (secondary N) is 1. The van der Waals surface area contributed by atoms with Crippen LogP contribution < -0.4 is 10.1 Å². The summed E-state index contributed by atoms with van der Waals surface area (Å²) in [6.45, 7) is 4.28. The molecule has 0 spiro atoms. The predicted molar refractivity (Wildman–Crippen MR) is 109 cm³/mol. The van der Waals surface area contributed by atoms with Crippen molar-refractivity contribution in [1.29, 1.82) is 0 Å². The lowest BCUT2D eigenvalue weighted by Gasteiger charge is -2.48. The van der Waals surface area contributed by atoms with Gasteiger partial charge in [0.2, 0.25) is 5.91 Å². The van der Waals surface area contributed by atoms with Crippen molar-refractivity contribution in [3.05, 3.63) is 29.8 Å². The van der Waals surface area contributed by atoms with Gasteiger partial charge in [-0.3, -0.25) is 9.69 Å². The number of hydrogen-bond donors (Lipinski definition) is 1. The van der Waals surface area contributed by atoms with Crippen molar-refractivity contribution in [2.75, 3.05) is 51.5 Å². The van der Waals surface area contributed by atoms with Gasteiger partial charge in [0, 0.05) is 30.7 Å². The predicted octanol–water partition coefficient (Wildman–Crippen LogP) is 2.44. The van der Waals surface area contributed by atoms with Crippen LogP contribution in [-0.4, -0.2) is 67.8 Å². The zero-order chi connectivity index (χ0) is 18.7. The fraction of sp³-hybridized carbons (Fsp3) is 0.667. The van der Waals surface area contributed by atoms with E-state index in [0.717, 1.165) is 69.8 Å². The first-order valence-corrected chi connectivity index (χ1v) is 11.2. The first-order valence-electron chi connectivity index (χ1n) is 10.0. The van der Waals surface area contributed by atoms with E-state index in [0.29, 0.717) is 0 Å². The molecule has 2 aliphatic heterocycles. The summed E-state index contributed by atoms with van der Waals surface area (Å²) in [5, 5.41) is 3.36. The van der Waals surface area contributed by atoms with E-state index in [-0.39, 0.29) is 11.4 Å². The summed E-state index contributed by atoms with van der Waals surface area (Å²) in [5.41, 5.74) is 0.716. The van der Waals surface area contributed by atoms with E-state index in [1.807, 2.05) is 36.0 Å². The lowest BCUT2D eigenvalue weighted by Crippen LogP contribution is -2.61. The second kappa shape index (κ2) is 8.02. The van der Waals surface area contributed by atoms with Gasteiger partial charge in [-0.15, -0.1) is 0 Å². The first-order chi connectivity index (χ1) is 13.2. The third-order valence-electron chi connectivity index (χ3n) is 6.49. The van der Waals surface area contributed by atoms with Gasteiger partial charge in [0.25, 0.3) is 0 Å². The number of para-hydroxylation sites is 1. The van der Waals surface area contributed by atoms with Crippen LogP contribution in [0.3, 0.4) is 0 Å².